The van der Waals surface area contributed by atoms with E-state index in [0.29, 0.717) is 22.6 Å². The van der Waals surface area contributed by atoms with Crippen LogP contribution in [0.15, 0.2) is 42.5 Å². The number of carbonyl (C=O) groups excluding carboxylic acids is 3. The maximum atomic E-state index is 12.9. The molecule has 2 heterocycles. The molecule has 28 heavy (non-hydrogen) atoms. The molecule has 7 nitrogen and oxygen atoms in total. The molecule has 2 aromatic carbocycles. The lowest BCUT2D eigenvalue weighted by molar-refractivity contribution is -0.126. The highest BCUT2D eigenvalue weighted by Crippen LogP contribution is 2.35. The highest BCUT2D eigenvalue weighted by molar-refractivity contribution is 6.22. The van der Waals surface area contributed by atoms with Crippen molar-refractivity contribution in [3.63, 3.8) is 0 Å². The third kappa shape index (κ3) is 2.79. The van der Waals surface area contributed by atoms with Gasteiger partial charge in [0.15, 0.2) is 11.5 Å². The molecule has 0 bridgehead atoms. The molecule has 0 spiro atoms. The van der Waals surface area contributed by atoms with Gasteiger partial charge in [0.1, 0.15) is 6.04 Å². The molecule has 2 aliphatic heterocycles. The van der Waals surface area contributed by atoms with Crippen LogP contribution in [-0.4, -0.2) is 35.5 Å². The molecule has 1 unspecified atom stereocenters. The predicted molar refractivity (Wildman–Crippen MR) is 100 cm³/mol. The second-order valence-electron chi connectivity index (χ2n) is 7.38. The van der Waals surface area contributed by atoms with Crippen LogP contribution in [0.5, 0.6) is 11.5 Å². The molecule has 2 aromatic rings. The van der Waals surface area contributed by atoms with E-state index < -0.39 is 29.3 Å². The minimum atomic E-state index is -0.944. The lowest BCUT2D eigenvalue weighted by atomic mass is 9.93. The number of imide groups is 1. The van der Waals surface area contributed by atoms with Gasteiger partial charge in [0.2, 0.25) is 12.7 Å². The topological polar surface area (TPSA) is 84.9 Å². The van der Waals surface area contributed by atoms with Crippen molar-refractivity contribution in [2.24, 2.45) is 0 Å². The molecule has 2 aliphatic rings. The van der Waals surface area contributed by atoms with Crippen LogP contribution in [0.4, 0.5) is 0 Å². The Kier molecular flexibility index (Phi) is 4.10. The molecule has 0 saturated carbocycles. The third-order valence-corrected chi connectivity index (χ3v) is 5.12. The highest BCUT2D eigenvalue weighted by atomic mass is 16.7. The fraction of sp³-hybridized carbons (Fsp3) is 0.286. The van der Waals surface area contributed by atoms with Crippen LogP contribution in [0.2, 0.25) is 0 Å². The quantitative estimate of drug-likeness (QED) is 0.824. The van der Waals surface area contributed by atoms with Crippen molar-refractivity contribution in [2.75, 3.05) is 6.79 Å². The second-order valence-corrected chi connectivity index (χ2v) is 7.38. The van der Waals surface area contributed by atoms with Crippen LogP contribution >= 0.6 is 0 Å². The maximum absolute atomic E-state index is 12.9. The van der Waals surface area contributed by atoms with E-state index in [-0.39, 0.29) is 6.79 Å². The van der Waals surface area contributed by atoms with E-state index in [4.69, 9.17) is 9.47 Å². The van der Waals surface area contributed by atoms with E-state index in [1.165, 1.54) is 0 Å². The number of hydrogen-bond donors (Lipinski definition) is 1. The van der Waals surface area contributed by atoms with Gasteiger partial charge in [0, 0.05) is 0 Å². The summed E-state index contributed by atoms with van der Waals surface area (Å²) < 4.78 is 10.7. The van der Waals surface area contributed by atoms with Crippen LogP contribution in [-0.2, 0) is 10.3 Å². The lowest BCUT2D eigenvalue weighted by Gasteiger charge is -2.30. The number of hydrogen-bond acceptors (Lipinski definition) is 5. The Morgan fingerprint density at radius 2 is 1.64 bits per heavy atom. The van der Waals surface area contributed by atoms with Gasteiger partial charge in [-0.05, 0) is 50.6 Å². The average Bonchev–Trinajstić information content (AvgIpc) is 3.24. The largest absolute Gasteiger partial charge is 0.454 e. The number of nitrogens with one attached hydrogen (secondary N) is 1. The smallest absolute Gasteiger partial charge is 0.262 e. The number of benzene rings is 2. The fourth-order valence-electron chi connectivity index (χ4n) is 3.45. The number of nitrogens with zero attached hydrogens (tertiary/aromatic N) is 1. The Bertz CT molecular complexity index is 963. The molecule has 3 amide bonds. The normalized spacial score (nSPS) is 16.2. The van der Waals surface area contributed by atoms with E-state index >= 15 is 0 Å². The van der Waals surface area contributed by atoms with Gasteiger partial charge in [0.05, 0.1) is 16.7 Å². The number of rotatable bonds is 4. The summed E-state index contributed by atoms with van der Waals surface area (Å²) in [6.07, 6.45) is 0. The molecule has 1 atom stereocenters. The van der Waals surface area contributed by atoms with E-state index in [9.17, 15) is 14.4 Å². The summed E-state index contributed by atoms with van der Waals surface area (Å²) in [4.78, 5) is 39.1. The highest BCUT2D eigenvalue weighted by Gasteiger charge is 2.41. The number of ether oxygens (including phenoxy) is 2. The molecule has 0 aromatic heterocycles. The summed E-state index contributed by atoms with van der Waals surface area (Å²) in [5.41, 5.74) is 0.717. The monoisotopic (exact) mass is 380 g/mol. The van der Waals surface area contributed by atoms with Gasteiger partial charge >= 0.3 is 0 Å². The van der Waals surface area contributed by atoms with Gasteiger partial charge in [-0.2, -0.15) is 0 Å². The Balaban J connectivity index is 1.53. The minimum Gasteiger partial charge on any atom is -0.454 e. The Hall–Kier alpha value is -3.35. The zero-order valence-electron chi connectivity index (χ0n) is 15.8. The van der Waals surface area contributed by atoms with Crippen molar-refractivity contribution >= 4 is 17.7 Å². The summed E-state index contributed by atoms with van der Waals surface area (Å²) in [5.74, 6) is -0.0519. The first-order chi connectivity index (χ1) is 13.3. The predicted octanol–water partition coefficient (Wildman–Crippen LogP) is 2.45. The van der Waals surface area contributed by atoms with Crippen LogP contribution < -0.4 is 14.8 Å². The third-order valence-electron chi connectivity index (χ3n) is 5.12. The summed E-state index contributed by atoms with van der Waals surface area (Å²) in [6, 6.07) is 11.1. The number of fused-ring (bicyclic) bond motifs is 2. The van der Waals surface area contributed by atoms with Gasteiger partial charge in [-0.1, -0.05) is 18.2 Å². The lowest BCUT2D eigenvalue weighted by Crippen LogP contribution is -2.52. The molecule has 144 valence electrons. The van der Waals surface area contributed by atoms with E-state index in [1.807, 2.05) is 26.0 Å². The van der Waals surface area contributed by atoms with Crippen molar-refractivity contribution in [2.45, 2.75) is 32.4 Å². The summed E-state index contributed by atoms with van der Waals surface area (Å²) >= 11 is 0. The van der Waals surface area contributed by atoms with Crippen molar-refractivity contribution < 1.29 is 23.9 Å². The van der Waals surface area contributed by atoms with E-state index in [1.54, 1.807) is 37.3 Å². The maximum Gasteiger partial charge on any atom is 0.262 e. The molecule has 0 radical (unpaired) electrons. The van der Waals surface area contributed by atoms with Gasteiger partial charge in [-0.15, -0.1) is 0 Å². The molecular formula is C21H20N2O5. The Morgan fingerprint density at radius 1 is 1.04 bits per heavy atom. The standard InChI is InChI=1S/C21H20N2O5/c1-12(23-19(25)14-6-4-5-7-15(14)20(23)26)18(24)22-21(2,3)13-8-9-16-17(10-13)28-11-27-16/h4-10,12H,11H2,1-3H3,(H,22,24). The van der Waals surface area contributed by atoms with Crippen LogP contribution in [0.3, 0.4) is 0 Å². The average molecular weight is 380 g/mol. The van der Waals surface area contributed by atoms with Gasteiger partial charge in [0.25, 0.3) is 11.8 Å². The molecule has 0 aliphatic carbocycles. The first kappa shape index (κ1) is 18.0. The number of amides is 3. The zero-order chi connectivity index (χ0) is 20.1. The first-order valence-electron chi connectivity index (χ1n) is 8.98. The summed E-state index contributed by atoms with van der Waals surface area (Å²) in [7, 11) is 0. The molecular weight excluding hydrogens is 360 g/mol. The molecule has 7 heteroatoms. The van der Waals surface area contributed by atoms with Gasteiger partial charge in [-0.25, -0.2) is 0 Å². The van der Waals surface area contributed by atoms with Crippen LogP contribution in [0, 0.1) is 0 Å². The molecule has 0 fully saturated rings. The number of carbonyl (C=O) groups is 3. The Labute approximate surface area is 162 Å². The Morgan fingerprint density at radius 3 is 2.29 bits per heavy atom. The minimum absolute atomic E-state index is 0.169. The van der Waals surface area contributed by atoms with Crippen LogP contribution in [0.25, 0.3) is 0 Å². The second kappa shape index (κ2) is 6.37. The first-order valence-corrected chi connectivity index (χ1v) is 8.98. The van der Waals surface area contributed by atoms with E-state index in [2.05, 4.69) is 5.32 Å². The van der Waals surface area contributed by atoms with Crippen molar-refractivity contribution in [3.05, 3.63) is 59.2 Å². The van der Waals surface area contributed by atoms with Crippen molar-refractivity contribution in [1.29, 1.82) is 0 Å². The van der Waals surface area contributed by atoms with Crippen LogP contribution in [0.1, 0.15) is 47.1 Å². The summed E-state index contributed by atoms with van der Waals surface area (Å²) in [6.45, 7) is 5.41. The van der Waals surface area contributed by atoms with E-state index in [0.717, 1.165) is 10.5 Å². The van der Waals surface area contributed by atoms with Crippen molar-refractivity contribution in [3.8, 4) is 11.5 Å². The van der Waals surface area contributed by atoms with Gasteiger partial charge < -0.3 is 14.8 Å². The van der Waals surface area contributed by atoms with Gasteiger partial charge in [-0.3, -0.25) is 19.3 Å². The summed E-state index contributed by atoms with van der Waals surface area (Å²) in [5, 5.41) is 2.93. The molecule has 4 rings (SSSR count). The molecule has 0 saturated heterocycles. The SMILES string of the molecule is CC(C(=O)NC(C)(C)c1ccc2c(c1)OCO2)N1C(=O)c2ccccc2C1=O. The fourth-order valence-corrected chi connectivity index (χ4v) is 3.45. The molecule has 1 N–H and O–H groups in total. The zero-order valence-corrected chi connectivity index (χ0v) is 15.8. The van der Waals surface area contributed by atoms with Crippen molar-refractivity contribution in [1.82, 2.24) is 10.2 Å².